The highest BCUT2D eigenvalue weighted by atomic mass is 32.2. The van der Waals surface area contributed by atoms with Gasteiger partial charge in [-0.05, 0) is 12.5 Å². The van der Waals surface area contributed by atoms with Crippen molar-refractivity contribution in [3.63, 3.8) is 0 Å². The van der Waals surface area contributed by atoms with Crippen molar-refractivity contribution in [2.24, 2.45) is 7.05 Å². The van der Waals surface area contributed by atoms with Crippen molar-refractivity contribution < 1.29 is 0 Å². The van der Waals surface area contributed by atoms with Gasteiger partial charge in [0.1, 0.15) is 16.9 Å². The molecule has 2 aromatic heterocycles. The summed E-state index contributed by atoms with van der Waals surface area (Å²) in [6, 6.07) is 0. The minimum atomic E-state index is 0.774. The van der Waals surface area contributed by atoms with Gasteiger partial charge in [-0.1, -0.05) is 11.8 Å². The van der Waals surface area contributed by atoms with Gasteiger partial charge in [0.05, 0.1) is 0 Å². The molecule has 0 fully saturated rings. The van der Waals surface area contributed by atoms with Crippen LogP contribution in [0.3, 0.4) is 0 Å². The van der Waals surface area contributed by atoms with E-state index in [1.807, 2.05) is 24.1 Å². The Hall–Kier alpha value is -0.750. The lowest BCUT2D eigenvalue weighted by atomic mass is 10.5. The molecule has 0 amide bonds. The van der Waals surface area contributed by atoms with Gasteiger partial charge in [-0.2, -0.15) is 0 Å². The third-order valence-corrected chi connectivity index (χ3v) is 3.38. The molecule has 14 heavy (non-hydrogen) atoms. The van der Waals surface area contributed by atoms with E-state index in [1.54, 1.807) is 29.9 Å². The molecule has 6 heteroatoms. The normalized spacial score (nSPS) is 11.1. The number of fused-ring (bicyclic) bond motifs is 1. The van der Waals surface area contributed by atoms with E-state index in [0.717, 1.165) is 21.3 Å². The number of aromatic nitrogens is 4. The van der Waals surface area contributed by atoms with Crippen molar-refractivity contribution in [2.75, 3.05) is 12.5 Å². The number of hydrogen-bond acceptors (Lipinski definition) is 5. The minimum absolute atomic E-state index is 0.774. The molecule has 0 atom stereocenters. The maximum absolute atomic E-state index is 4.40. The van der Waals surface area contributed by atoms with E-state index in [9.17, 15) is 0 Å². The Morgan fingerprint density at radius 1 is 1.21 bits per heavy atom. The number of imidazole rings is 1. The van der Waals surface area contributed by atoms with Crippen molar-refractivity contribution in [1.82, 2.24) is 19.5 Å². The van der Waals surface area contributed by atoms with Crippen LogP contribution in [0.5, 0.6) is 0 Å². The highest BCUT2D eigenvalue weighted by molar-refractivity contribution is 7.99. The van der Waals surface area contributed by atoms with Crippen molar-refractivity contribution in [3.05, 3.63) is 6.33 Å². The van der Waals surface area contributed by atoms with Crippen LogP contribution < -0.4 is 0 Å². The van der Waals surface area contributed by atoms with Crippen molar-refractivity contribution >= 4 is 34.7 Å². The Kier molecular flexibility index (Phi) is 2.64. The highest BCUT2D eigenvalue weighted by Gasteiger charge is 2.11. The fourth-order valence-corrected chi connectivity index (χ4v) is 2.44. The van der Waals surface area contributed by atoms with Gasteiger partial charge in [0.15, 0.2) is 10.8 Å². The van der Waals surface area contributed by atoms with E-state index in [0.29, 0.717) is 0 Å². The largest absolute Gasteiger partial charge is 0.318 e. The van der Waals surface area contributed by atoms with Crippen molar-refractivity contribution in [3.8, 4) is 0 Å². The summed E-state index contributed by atoms with van der Waals surface area (Å²) in [5.41, 5.74) is 1.79. The third-order valence-electron chi connectivity index (χ3n) is 1.97. The fourth-order valence-electron chi connectivity index (χ4n) is 1.32. The predicted molar refractivity (Wildman–Crippen MR) is 59.9 cm³/mol. The summed E-state index contributed by atoms with van der Waals surface area (Å²) in [5.74, 6) is 0. The summed E-state index contributed by atoms with van der Waals surface area (Å²) in [6.45, 7) is 0. The van der Waals surface area contributed by atoms with Crippen LogP contribution in [0, 0.1) is 0 Å². The Balaban J connectivity index is 2.79. The average molecular weight is 226 g/mol. The molecule has 0 aliphatic rings. The molecular formula is C8H10N4S2. The molecule has 0 bridgehead atoms. The average Bonchev–Trinajstić information content (AvgIpc) is 2.55. The molecule has 0 aliphatic heterocycles. The lowest BCUT2D eigenvalue weighted by molar-refractivity contribution is 0.808. The molecule has 0 aliphatic carbocycles. The number of aryl methyl sites for hydroxylation is 1. The van der Waals surface area contributed by atoms with E-state index < -0.39 is 0 Å². The van der Waals surface area contributed by atoms with Gasteiger partial charge >= 0.3 is 0 Å². The highest BCUT2D eigenvalue weighted by Crippen LogP contribution is 2.25. The zero-order valence-corrected chi connectivity index (χ0v) is 9.82. The summed E-state index contributed by atoms with van der Waals surface area (Å²) >= 11 is 3.23. The molecule has 2 heterocycles. The summed E-state index contributed by atoms with van der Waals surface area (Å²) in [6.07, 6.45) is 5.58. The number of thioether (sulfide) groups is 2. The first kappa shape index (κ1) is 9.79. The minimum Gasteiger partial charge on any atom is -0.318 e. The molecule has 0 aromatic carbocycles. The van der Waals surface area contributed by atoms with Crippen LogP contribution in [-0.2, 0) is 7.05 Å². The van der Waals surface area contributed by atoms with Crippen molar-refractivity contribution in [1.29, 1.82) is 0 Å². The molecule has 0 saturated carbocycles. The van der Waals surface area contributed by atoms with Crippen molar-refractivity contribution in [2.45, 2.75) is 10.2 Å². The Labute approximate surface area is 90.5 Å². The summed E-state index contributed by atoms with van der Waals surface area (Å²) in [4.78, 5) is 12.8. The first-order valence-electron chi connectivity index (χ1n) is 4.03. The van der Waals surface area contributed by atoms with Gasteiger partial charge in [-0.3, -0.25) is 0 Å². The van der Waals surface area contributed by atoms with Crippen LogP contribution >= 0.6 is 23.5 Å². The SMILES string of the molecule is CSc1ncnc2nc(SC)n(C)c12. The van der Waals surface area contributed by atoms with Gasteiger partial charge < -0.3 is 4.57 Å². The smallest absolute Gasteiger partial charge is 0.183 e. The van der Waals surface area contributed by atoms with Gasteiger partial charge in [0.25, 0.3) is 0 Å². The third kappa shape index (κ3) is 1.38. The second kappa shape index (κ2) is 3.78. The quantitative estimate of drug-likeness (QED) is 0.577. The first-order valence-corrected chi connectivity index (χ1v) is 6.48. The van der Waals surface area contributed by atoms with E-state index in [4.69, 9.17) is 0 Å². The van der Waals surface area contributed by atoms with Crippen LogP contribution in [-0.4, -0.2) is 32.0 Å². The zero-order chi connectivity index (χ0) is 10.1. The molecule has 0 spiro atoms. The molecule has 74 valence electrons. The van der Waals surface area contributed by atoms with Crippen LogP contribution in [0.4, 0.5) is 0 Å². The lowest BCUT2D eigenvalue weighted by Crippen LogP contribution is -1.92. The number of rotatable bonds is 2. The molecule has 0 unspecified atom stereocenters. The monoisotopic (exact) mass is 226 g/mol. The van der Waals surface area contributed by atoms with E-state index in [-0.39, 0.29) is 0 Å². The summed E-state index contributed by atoms with van der Waals surface area (Å²) < 4.78 is 2.03. The van der Waals surface area contributed by atoms with Crippen LogP contribution in [0.25, 0.3) is 11.2 Å². The molecule has 2 aromatic rings. The molecule has 2 rings (SSSR count). The maximum atomic E-state index is 4.40. The molecule has 0 saturated heterocycles. The van der Waals surface area contributed by atoms with Gasteiger partial charge in [-0.25, -0.2) is 15.0 Å². The van der Waals surface area contributed by atoms with Gasteiger partial charge in [0.2, 0.25) is 0 Å². The molecule has 0 radical (unpaired) electrons. The topological polar surface area (TPSA) is 43.6 Å². The van der Waals surface area contributed by atoms with Crippen LogP contribution in [0.1, 0.15) is 0 Å². The summed E-state index contributed by atoms with van der Waals surface area (Å²) in [7, 11) is 1.99. The standard InChI is InChI=1S/C8H10N4S2/c1-12-5-6(11-8(12)14-3)9-4-10-7(5)13-2/h4H,1-3H3. The lowest BCUT2D eigenvalue weighted by Gasteiger charge is -2.00. The maximum Gasteiger partial charge on any atom is 0.183 e. The predicted octanol–water partition coefficient (Wildman–Crippen LogP) is 1.81. The Bertz CT molecular complexity index is 466. The van der Waals surface area contributed by atoms with E-state index in [2.05, 4.69) is 15.0 Å². The molecular weight excluding hydrogens is 216 g/mol. The molecule has 0 N–H and O–H groups in total. The number of hydrogen-bond donors (Lipinski definition) is 0. The van der Waals surface area contributed by atoms with Crippen LogP contribution in [0.15, 0.2) is 16.5 Å². The zero-order valence-electron chi connectivity index (χ0n) is 8.18. The van der Waals surface area contributed by atoms with E-state index in [1.165, 1.54) is 0 Å². The second-order valence-corrected chi connectivity index (χ2v) is 4.28. The molecule has 4 nitrogen and oxygen atoms in total. The fraction of sp³-hybridized carbons (Fsp3) is 0.375. The van der Waals surface area contributed by atoms with Crippen LogP contribution in [0.2, 0.25) is 0 Å². The Morgan fingerprint density at radius 2 is 2.00 bits per heavy atom. The second-order valence-electron chi connectivity index (χ2n) is 2.71. The summed E-state index contributed by atoms with van der Waals surface area (Å²) in [5, 5.41) is 1.95. The van der Waals surface area contributed by atoms with Gasteiger partial charge in [-0.15, -0.1) is 11.8 Å². The van der Waals surface area contributed by atoms with Gasteiger partial charge in [0, 0.05) is 7.05 Å². The van der Waals surface area contributed by atoms with E-state index >= 15 is 0 Å². The number of nitrogens with zero attached hydrogens (tertiary/aromatic N) is 4. The first-order chi connectivity index (χ1) is 6.77. The Morgan fingerprint density at radius 3 is 2.64 bits per heavy atom.